The molecule has 0 N–H and O–H groups in total. The number of rotatable bonds is 8. The van der Waals surface area contributed by atoms with E-state index in [1.807, 2.05) is 48.5 Å². The van der Waals surface area contributed by atoms with E-state index in [-0.39, 0.29) is 0 Å². The molecule has 2 aromatic heterocycles. The molecule has 306 valence electrons. The molecule has 0 bridgehead atoms. The van der Waals surface area contributed by atoms with Gasteiger partial charge < -0.3 is 18.6 Å². The molecule has 64 heavy (non-hydrogen) atoms. The lowest BCUT2D eigenvalue weighted by molar-refractivity contribution is 0.634. The van der Waals surface area contributed by atoms with Crippen LogP contribution in [-0.4, -0.2) is 0 Å². The predicted molar refractivity (Wildman–Crippen MR) is 263 cm³/mol. The summed E-state index contributed by atoms with van der Waals surface area (Å²) in [5.41, 5.74) is 12.9. The Kier molecular flexibility index (Phi) is 9.19. The highest BCUT2D eigenvalue weighted by Gasteiger charge is 2.20. The van der Waals surface area contributed by atoms with Crippen molar-refractivity contribution in [2.45, 2.75) is 39.5 Å². The van der Waals surface area contributed by atoms with E-state index in [1.165, 1.54) is 11.1 Å². The van der Waals surface area contributed by atoms with Gasteiger partial charge in [-0.05, 0) is 178 Å². The van der Waals surface area contributed by atoms with Gasteiger partial charge in [0.05, 0.1) is 23.3 Å². The third-order valence-electron chi connectivity index (χ3n) is 12.6. The van der Waals surface area contributed by atoms with E-state index in [1.54, 1.807) is 0 Å². The largest absolute Gasteiger partial charge is 0.452 e. The second kappa shape index (κ2) is 15.2. The molecule has 0 saturated carbocycles. The van der Waals surface area contributed by atoms with Crippen LogP contribution in [0.2, 0.25) is 0 Å². The van der Waals surface area contributed by atoms with E-state index in [0.717, 1.165) is 99.5 Å². The lowest BCUT2D eigenvalue weighted by atomic mass is 10.0. The monoisotopic (exact) mass is 826 g/mol. The summed E-state index contributed by atoms with van der Waals surface area (Å²) in [6, 6.07) is 63.4. The zero-order valence-corrected chi connectivity index (χ0v) is 35.9. The van der Waals surface area contributed by atoms with Gasteiger partial charge in [-0.2, -0.15) is 10.5 Å². The Morgan fingerprint density at radius 1 is 0.359 bits per heavy atom. The Labute approximate surface area is 371 Å². The van der Waals surface area contributed by atoms with Crippen LogP contribution in [0.15, 0.2) is 179 Å². The highest BCUT2D eigenvalue weighted by atomic mass is 16.4. The number of anilines is 6. The highest BCUT2D eigenvalue weighted by molar-refractivity contribution is 6.21. The van der Waals surface area contributed by atoms with Crippen LogP contribution in [0.4, 0.5) is 34.1 Å². The number of hydrogen-bond acceptors (Lipinski definition) is 6. The fraction of sp³-hybridized carbons (Fsp3) is 0.103. The molecular weight excluding hydrogens is 785 g/mol. The second-order valence-corrected chi connectivity index (χ2v) is 17.3. The maximum absolute atomic E-state index is 9.51. The minimum Gasteiger partial charge on any atom is -0.452 e. The summed E-state index contributed by atoms with van der Waals surface area (Å²) in [6.07, 6.45) is 0. The molecule has 11 rings (SSSR count). The van der Waals surface area contributed by atoms with Crippen molar-refractivity contribution in [1.82, 2.24) is 0 Å². The first-order valence-electron chi connectivity index (χ1n) is 21.7. The molecule has 9 aromatic carbocycles. The van der Waals surface area contributed by atoms with E-state index in [0.29, 0.717) is 23.0 Å². The Morgan fingerprint density at radius 3 is 1.05 bits per heavy atom. The van der Waals surface area contributed by atoms with Crippen molar-refractivity contribution in [2.24, 2.45) is 0 Å². The second-order valence-electron chi connectivity index (χ2n) is 17.3. The van der Waals surface area contributed by atoms with Crippen LogP contribution in [0.3, 0.4) is 0 Å². The summed E-state index contributed by atoms with van der Waals surface area (Å²) in [7, 11) is 0. The van der Waals surface area contributed by atoms with E-state index >= 15 is 0 Å². The molecule has 0 aliphatic heterocycles. The zero-order chi connectivity index (χ0) is 43.6. The van der Waals surface area contributed by atoms with Crippen LogP contribution in [0, 0.1) is 22.7 Å². The summed E-state index contributed by atoms with van der Waals surface area (Å²) < 4.78 is 13.5. The van der Waals surface area contributed by atoms with Gasteiger partial charge in [-0.15, -0.1) is 0 Å². The number of nitriles is 2. The van der Waals surface area contributed by atoms with Crippen LogP contribution >= 0.6 is 0 Å². The highest BCUT2D eigenvalue weighted by Crippen LogP contribution is 2.44. The summed E-state index contributed by atoms with van der Waals surface area (Å²) in [6.45, 7) is 8.81. The lowest BCUT2D eigenvalue weighted by Gasteiger charge is -2.26. The Bertz CT molecular complexity index is 3430. The topological polar surface area (TPSA) is 80.3 Å². The molecular formula is C58H42N4O2. The van der Waals surface area contributed by atoms with Crippen molar-refractivity contribution >= 4 is 99.5 Å². The van der Waals surface area contributed by atoms with Gasteiger partial charge in [-0.25, -0.2) is 0 Å². The normalized spacial score (nSPS) is 11.7. The van der Waals surface area contributed by atoms with Crippen LogP contribution < -0.4 is 9.80 Å². The van der Waals surface area contributed by atoms with Crippen molar-refractivity contribution < 1.29 is 8.83 Å². The van der Waals surface area contributed by atoms with Gasteiger partial charge in [-0.3, -0.25) is 0 Å². The first-order chi connectivity index (χ1) is 31.2. The Hall–Kier alpha value is -8.32. The fourth-order valence-electron chi connectivity index (χ4n) is 9.09. The van der Waals surface area contributed by atoms with Gasteiger partial charge >= 0.3 is 0 Å². The average Bonchev–Trinajstić information content (AvgIpc) is 3.88. The van der Waals surface area contributed by atoms with Gasteiger partial charge in [0.25, 0.3) is 0 Å². The van der Waals surface area contributed by atoms with E-state index < -0.39 is 0 Å². The average molecular weight is 827 g/mol. The van der Waals surface area contributed by atoms with Gasteiger partial charge in [0.15, 0.2) is 11.2 Å². The summed E-state index contributed by atoms with van der Waals surface area (Å²) in [5, 5.41) is 27.4. The maximum Gasteiger partial charge on any atom is 0.178 e. The number of furan rings is 2. The molecule has 0 saturated heterocycles. The smallest absolute Gasteiger partial charge is 0.178 e. The third-order valence-corrected chi connectivity index (χ3v) is 12.6. The molecule has 0 amide bonds. The molecule has 0 unspecified atom stereocenters. The number of benzene rings is 9. The molecule has 0 aliphatic carbocycles. The van der Waals surface area contributed by atoms with Crippen molar-refractivity contribution in [3.63, 3.8) is 0 Å². The lowest BCUT2D eigenvalue weighted by Crippen LogP contribution is -2.10. The first-order valence-corrected chi connectivity index (χ1v) is 21.7. The molecule has 0 fully saturated rings. The van der Waals surface area contributed by atoms with Crippen molar-refractivity contribution in [2.75, 3.05) is 9.80 Å². The van der Waals surface area contributed by atoms with Gasteiger partial charge in [0.2, 0.25) is 0 Å². The van der Waals surface area contributed by atoms with Crippen LogP contribution in [-0.2, 0) is 0 Å². The molecule has 0 spiro atoms. The van der Waals surface area contributed by atoms with E-state index in [4.69, 9.17) is 8.83 Å². The van der Waals surface area contributed by atoms with Gasteiger partial charge in [0, 0.05) is 55.7 Å². The van der Waals surface area contributed by atoms with Gasteiger partial charge in [0.1, 0.15) is 11.2 Å². The van der Waals surface area contributed by atoms with Crippen molar-refractivity contribution in [3.05, 3.63) is 192 Å². The fourth-order valence-corrected chi connectivity index (χ4v) is 9.09. The van der Waals surface area contributed by atoms with Crippen LogP contribution in [0.25, 0.3) is 65.4 Å². The molecule has 11 aromatic rings. The molecule has 0 aliphatic rings. The number of nitrogens with zero attached hydrogens (tertiary/aromatic N) is 4. The van der Waals surface area contributed by atoms with Gasteiger partial charge in [-0.1, -0.05) is 64.1 Å². The SMILES string of the molecule is CC(C)c1ccc(N(c2ccc(C#N)cc2)c2ccc3cc4c(cc3c2)oc2c4ccc3c4cc5ccc(N(c6ccc(C#N)cc6)c6ccc(C(C)C)cc6)cc5cc4oc32)cc1. The quantitative estimate of drug-likeness (QED) is 0.152. The molecule has 2 heterocycles. The zero-order valence-electron chi connectivity index (χ0n) is 35.9. The Morgan fingerprint density at radius 2 is 0.703 bits per heavy atom. The minimum absolute atomic E-state index is 0.426. The molecule has 6 heteroatoms. The summed E-state index contributed by atoms with van der Waals surface area (Å²) in [5.74, 6) is 0.852. The predicted octanol–water partition coefficient (Wildman–Crippen LogP) is 16.7. The number of fused-ring (bicyclic) bond motifs is 9. The Balaban J connectivity index is 1.00. The molecule has 0 atom stereocenters. The van der Waals surface area contributed by atoms with E-state index in [2.05, 4.69) is 171 Å². The first kappa shape index (κ1) is 38.6. The van der Waals surface area contributed by atoms with Crippen LogP contribution in [0.1, 0.15) is 61.8 Å². The third kappa shape index (κ3) is 6.56. The minimum atomic E-state index is 0.426. The van der Waals surface area contributed by atoms with Crippen molar-refractivity contribution in [3.8, 4) is 12.1 Å². The molecule has 6 nitrogen and oxygen atoms in total. The summed E-state index contributed by atoms with van der Waals surface area (Å²) >= 11 is 0. The maximum atomic E-state index is 9.51. The molecule has 0 radical (unpaired) electrons. The standard InChI is InChI=1S/C58H42N4O2/c1-35(2)39-9-19-47(20-10-39)61(45-15-5-37(33-59)6-16-45)49-23-13-41-29-53-51-25-26-52-54-30-42-14-24-50(28-44(42)32-56(54)64-58(52)57(51)63-55(53)31-43(41)27-49)62(46-17-7-38(34-60)8-18-46)48-21-11-40(12-22-48)36(3)4/h5-32,35-36H,1-4H3. The van der Waals surface area contributed by atoms with Crippen molar-refractivity contribution in [1.29, 1.82) is 10.5 Å². The van der Waals surface area contributed by atoms with E-state index in [9.17, 15) is 10.5 Å². The summed E-state index contributed by atoms with van der Waals surface area (Å²) in [4.78, 5) is 4.46. The van der Waals surface area contributed by atoms with Crippen LogP contribution in [0.5, 0.6) is 0 Å². The number of hydrogen-bond donors (Lipinski definition) is 0.